The van der Waals surface area contributed by atoms with Crippen molar-refractivity contribution in [2.75, 3.05) is 13.1 Å². The van der Waals surface area contributed by atoms with Gasteiger partial charge >= 0.3 is 0 Å². The van der Waals surface area contributed by atoms with Crippen molar-refractivity contribution in [3.05, 3.63) is 60.2 Å². The van der Waals surface area contributed by atoms with Crippen LogP contribution in [-0.2, 0) is 6.54 Å². The van der Waals surface area contributed by atoms with E-state index in [1.807, 2.05) is 6.07 Å². The summed E-state index contributed by atoms with van der Waals surface area (Å²) in [7, 11) is 0. The Morgan fingerprint density at radius 1 is 1.29 bits per heavy atom. The largest absolute Gasteiger partial charge is 0.347 e. The van der Waals surface area contributed by atoms with E-state index in [1.165, 1.54) is 11.9 Å². The Balaban J connectivity index is 1.52. The molecule has 1 atom stereocenters. The average molecular weight is 282 g/mol. The molecule has 1 aromatic carbocycles. The molecular formula is C16H18N4O. The second kappa shape index (κ2) is 6.45. The summed E-state index contributed by atoms with van der Waals surface area (Å²) in [4.78, 5) is 22.2. The van der Waals surface area contributed by atoms with Crippen LogP contribution in [0.1, 0.15) is 22.5 Å². The zero-order chi connectivity index (χ0) is 14.5. The third-order valence-electron chi connectivity index (χ3n) is 3.67. The molecule has 5 heteroatoms. The van der Waals surface area contributed by atoms with E-state index in [0.717, 1.165) is 26.1 Å². The van der Waals surface area contributed by atoms with Crippen LogP contribution in [0.2, 0.25) is 0 Å². The molecule has 0 bridgehead atoms. The van der Waals surface area contributed by atoms with Crippen molar-refractivity contribution >= 4 is 5.91 Å². The Bertz CT molecular complexity index is 588. The number of nitrogens with zero attached hydrogens (tertiary/aromatic N) is 3. The number of amides is 1. The molecule has 0 radical (unpaired) electrons. The average Bonchev–Trinajstić information content (AvgIpc) is 2.96. The first-order valence-corrected chi connectivity index (χ1v) is 7.14. The maximum Gasteiger partial charge on any atom is 0.270 e. The third-order valence-corrected chi connectivity index (χ3v) is 3.67. The smallest absolute Gasteiger partial charge is 0.270 e. The number of likely N-dealkylation sites (tertiary alicyclic amines) is 1. The minimum atomic E-state index is -0.121. The summed E-state index contributed by atoms with van der Waals surface area (Å²) in [5, 5.41) is 3.04. The van der Waals surface area contributed by atoms with E-state index in [9.17, 15) is 4.79 Å². The zero-order valence-electron chi connectivity index (χ0n) is 11.8. The second-order valence-electron chi connectivity index (χ2n) is 5.27. The molecule has 0 aliphatic carbocycles. The molecule has 2 aromatic rings. The van der Waals surface area contributed by atoms with E-state index in [1.54, 1.807) is 12.3 Å². The van der Waals surface area contributed by atoms with Gasteiger partial charge in [-0.05, 0) is 18.1 Å². The monoisotopic (exact) mass is 282 g/mol. The molecule has 5 nitrogen and oxygen atoms in total. The van der Waals surface area contributed by atoms with Crippen molar-refractivity contribution in [3.8, 4) is 0 Å². The molecule has 108 valence electrons. The SMILES string of the molecule is O=C(NC1CCN(Cc2ccccc2)C1)c1ccncn1. The van der Waals surface area contributed by atoms with Gasteiger partial charge in [0, 0.05) is 31.9 Å². The summed E-state index contributed by atoms with van der Waals surface area (Å²) in [6.45, 7) is 2.82. The minimum Gasteiger partial charge on any atom is -0.347 e. The van der Waals surface area contributed by atoms with Crippen LogP contribution in [0.5, 0.6) is 0 Å². The fraction of sp³-hybridized carbons (Fsp3) is 0.312. The van der Waals surface area contributed by atoms with Crippen molar-refractivity contribution in [2.24, 2.45) is 0 Å². The van der Waals surface area contributed by atoms with Gasteiger partial charge in [-0.1, -0.05) is 30.3 Å². The van der Waals surface area contributed by atoms with Crippen molar-refractivity contribution in [3.63, 3.8) is 0 Å². The lowest BCUT2D eigenvalue weighted by Crippen LogP contribution is -2.37. The minimum absolute atomic E-state index is 0.121. The van der Waals surface area contributed by atoms with Crippen molar-refractivity contribution in [1.82, 2.24) is 20.2 Å². The van der Waals surface area contributed by atoms with E-state index in [4.69, 9.17) is 0 Å². The molecule has 21 heavy (non-hydrogen) atoms. The van der Waals surface area contributed by atoms with Gasteiger partial charge in [-0.2, -0.15) is 0 Å². The fourth-order valence-corrected chi connectivity index (χ4v) is 2.62. The van der Waals surface area contributed by atoms with Gasteiger partial charge in [0.05, 0.1) is 0 Å². The number of hydrogen-bond acceptors (Lipinski definition) is 4. The highest BCUT2D eigenvalue weighted by Crippen LogP contribution is 2.13. The summed E-state index contributed by atoms with van der Waals surface area (Å²) < 4.78 is 0. The predicted octanol–water partition coefficient (Wildman–Crippen LogP) is 1.48. The van der Waals surface area contributed by atoms with Crippen LogP contribution in [-0.4, -0.2) is 39.9 Å². The number of nitrogens with one attached hydrogen (secondary N) is 1. The van der Waals surface area contributed by atoms with Crippen molar-refractivity contribution < 1.29 is 4.79 Å². The molecule has 1 aliphatic rings. The summed E-state index contributed by atoms with van der Waals surface area (Å²) in [6.07, 6.45) is 3.95. The van der Waals surface area contributed by atoms with Crippen LogP contribution < -0.4 is 5.32 Å². The predicted molar refractivity (Wildman–Crippen MR) is 79.6 cm³/mol. The fourth-order valence-electron chi connectivity index (χ4n) is 2.62. The number of aromatic nitrogens is 2. The summed E-state index contributed by atoms with van der Waals surface area (Å²) in [6, 6.07) is 12.2. The van der Waals surface area contributed by atoms with Crippen LogP contribution >= 0.6 is 0 Å². The van der Waals surface area contributed by atoms with Crippen LogP contribution in [0.15, 0.2) is 48.9 Å². The summed E-state index contributed by atoms with van der Waals surface area (Å²) >= 11 is 0. The molecule has 1 unspecified atom stereocenters. The van der Waals surface area contributed by atoms with Gasteiger partial charge in [-0.3, -0.25) is 9.69 Å². The number of hydrogen-bond donors (Lipinski definition) is 1. The molecule has 1 saturated heterocycles. The van der Waals surface area contributed by atoms with Crippen LogP contribution in [0.3, 0.4) is 0 Å². The molecule has 2 heterocycles. The van der Waals surface area contributed by atoms with Gasteiger partial charge in [-0.15, -0.1) is 0 Å². The highest BCUT2D eigenvalue weighted by atomic mass is 16.1. The highest BCUT2D eigenvalue weighted by Gasteiger charge is 2.24. The van der Waals surface area contributed by atoms with Gasteiger partial charge < -0.3 is 5.32 Å². The lowest BCUT2D eigenvalue weighted by molar-refractivity contribution is 0.0932. The Labute approximate surface area is 124 Å². The Morgan fingerprint density at radius 2 is 2.14 bits per heavy atom. The standard InChI is InChI=1S/C16H18N4O/c21-16(15-6-8-17-12-18-15)19-14-7-9-20(11-14)10-13-4-2-1-3-5-13/h1-6,8,12,14H,7,9-11H2,(H,19,21). The van der Waals surface area contributed by atoms with Gasteiger partial charge in [0.25, 0.3) is 5.91 Å². The molecule has 1 aliphatic heterocycles. The Hall–Kier alpha value is -2.27. The van der Waals surface area contributed by atoms with Gasteiger partial charge in [-0.25, -0.2) is 9.97 Å². The van der Waals surface area contributed by atoms with Crippen LogP contribution in [0.4, 0.5) is 0 Å². The molecule has 1 amide bonds. The Kier molecular flexibility index (Phi) is 4.21. The molecule has 3 rings (SSSR count). The molecule has 1 N–H and O–H groups in total. The lowest BCUT2D eigenvalue weighted by atomic mass is 10.2. The van der Waals surface area contributed by atoms with E-state index in [0.29, 0.717) is 5.69 Å². The highest BCUT2D eigenvalue weighted by molar-refractivity contribution is 5.92. The second-order valence-corrected chi connectivity index (χ2v) is 5.27. The van der Waals surface area contributed by atoms with E-state index in [2.05, 4.69) is 44.5 Å². The van der Waals surface area contributed by atoms with E-state index >= 15 is 0 Å². The quantitative estimate of drug-likeness (QED) is 0.923. The van der Waals surface area contributed by atoms with Crippen LogP contribution in [0, 0.1) is 0 Å². The molecule has 0 spiro atoms. The number of benzene rings is 1. The van der Waals surface area contributed by atoms with Crippen molar-refractivity contribution in [1.29, 1.82) is 0 Å². The maximum atomic E-state index is 12.0. The number of rotatable bonds is 4. The summed E-state index contributed by atoms with van der Waals surface area (Å²) in [5.74, 6) is -0.121. The maximum absolute atomic E-state index is 12.0. The zero-order valence-corrected chi connectivity index (χ0v) is 11.8. The Morgan fingerprint density at radius 3 is 2.90 bits per heavy atom. The van der Waals surface area contributed by atoms with E-state index in [-0.39, 0.29) is 11.9 Å². The number of carbonyl (C=O) groups is 1. The number of carbonyl (C=O) groups excluding carboxylic acids is 1. The molecule has 1 fully saturated rings. The molecule has 1 aromatic heterocycles. The lowest BCUT2D eigenvalue weighted by Gasteiger charge is -2.16. The topological polar surface area (TPSA) is 58.1 Å². The van der Waals surface area contributed by atoms with Gasteiger partial charge in [0.2, 0.25) is 0 Å². The first-order valence-electron chi connectivity index (χ1n) is 7.14. The first-order chi connectivity index (χ1) is 10.3. The summed E-state index contributed by atoms with van der Waals surface area (Å²) in [5.41, 5.74) is 1.73. The van der Waals surface area contributed by atoms with E-state index < -0.39 is 0 Å². The van der Waals surface area contributed by atoms with Gasteiger partial charge in [0.1, 0.15) is 12.0 Å². The van der Waals surface area contributed by atoms with Crippen molar-refractivity contribution in [2.45, 2.75) is 19.0 Å². The normalized spacial score (nSPS) is 18.6. The first kappa shape index (κ1) is 13.7. The van der Waals surface area contributed by atoms with Crippen LogP contribution in [0.25, 0.3) is 0 Å². The van der Waals surface area contributed by atoms with Gasteiger partial charge in [0.15, 0.2) is 0 Å². The molecule has 0 saturated carbocycles. The molecular weight excluding hydrogens is 264 g/mol. The third kappa shape index (κ3) is 3.64.